The topological polar surface area (TPSA) is 51.8 Å². The largest absolute Gasteiger partial charge is 0.383 e. The first-order chi connectivity index (χ1) is 6.18. The van der Waals surface area contributed by atoms with E-state index in [0.29, 0.717) is 11.7 Å². The van der Waals surface area contributed by atoms with E-state index < -0.39 is 0 Å². The number of aromatic nitrogens is 2. The van der Waals surface area contributed by atoms with Crippen LogP contribution in [0.25, 0.3) is 0 Å². The number of hydrogen-bond acceptors (Lipinski definition) is 4. The van der Waals surface area contributed by atoms with Gasteiger partial charge < -0.3 is 5.73 Å². The lowest BCUT2D eigenvalue weighted by molar-refractivity contribution is 0.766. The molecule has 4 heteroatoms. The van der Waals surface area contributed by atoms with Gasteiger partial charge in [0.05, 0.1) is 5.69 Å². The number of anilines is 1. The summed E-state index contributed by atoms with van der Waals surface area (Å²) < 4.78 is 0. The molecule has 0 aromatic carbocycles. The van der Waals surface area contributed by atoms with Crippen LogP contribution in [0.3, 0.4) is 0 Å². The summed E-state index contributed by atoms with van der Waals surface area (Å²) in [5.41, 5.74) is 8.13. The molecule has 0 radical (unpaired) electrons. The summed E-state index contributed by atoms with van der Waals surface area (Å²) in [4.78, 5) is 8.80. The Balaban J connectivity index is 2.49. The summed E-state index contributed by atoms with van der Waals surface area (Å²) >= 11 is 1.85. The third-order valence-electron chi connectivity index (χ3n) is 2.14. The maximum Gasteiger partial charge on any atom is 0.133 e. The van der Waals surface area contributed by atoms with Crippen LogP contribution in [-0.4, -0.2) is 9.97 Å². The smallest absolute Gasteiger partial charge is 0.133 e. The maximum absolute atomic E-state index is 5.85. The van der Waals surface area contributed by atoms with Gasteiger partial charge in [-0.05, 0) is 0 Å². The number of fused-ring (bicyclic) bond motifs is 1. The first kappa shape index (κ1) is 8.81. The fourth-order valence-electron chi connectivity index (χ4n) is 1.35. The number of nitrogens with two attached hydrogens (primary N) is 1. The van der Waals surface area contributed by atoms with Gasteiger partial charge in [0.1, 0.15) is 11.6 Å². The summed E-state index contributed by atoms with van der Waals surface area (Å²) in [5, 5.41) is 0. The monoisotopic (exact) mass is 195 g/mol. The van der Waals surface area contributed by atoms with Crippen LogP contribution in [0, 0.1) is 0 Å². The van der Waals surface area contributed by atoms with Gasteiger partial charge in [-0.1, -0.05) is 13.8 Å². The lowest BCUT2D eigenvalue weighted by Crippen LogP contribution is -2.06. The van der Waals surface area contributed by atoms with E-state index in [1.165, 1.54) is 0 Å². The zero-order chi connectivity index (χ0) is 9.42. The second-order valence-electron chi connectivity index (χ2n) is 3.54. The molecule has 0 unspecified atom stereocenters. The fourth-order valence-corrected chi connectivity index (χ4v) is 2.41. The van der Waals surface area contributed by atoms with Crippen molar-refractivity contribution in [2.75, 3.05) is 5.73 Å². The zero-order valence-electron chi connectivity index (χ0n) is 7.87. The molecule has 0 bridgehead atoms. The average molecular weight is 195 g/mol. The minimum absolute atomic E-state index is 0.359. The van der Waals surface area contributed by atoms with Crippen LogP contribution in [0.1, 0.15) is 36.8 Å². The maximum atomic E-state index is 5.85. The molecule has 70 valence electrons. The number of nitrogens with zero attached hydrogens (tertiary/aromatic N) is 2. The lowest BCUT2D eigenvalue weighted by atomic mass is 10.2. The van der Waals surface area contributed by atoms with Crippen LogP contribution in [0.4, 0.5) is 5.82 Å². The molecule has 0 amide bonds. The van der Waals surface area contributed by atoms with E-state index >= 15 is 0 Å². The highest BCUT2D eigenvalue weighted by Gasteiger charge is 2.18. The zero-order valence-corrected chi connectivity index (χ0v) is 8.69. The van der Waals surface area contributed by atoms with Gasteiger partial charge >= 0.3 is 0 Å². The van der Waals surface area contributed by atoms with Crippen LogP contribution >= 0.6 is 11.8 Å². The molecule has 1 aromatic heterocycles. The average Bonchev–Trinajstić information content (AvgIpc) is 2.51. The van der Waals surface area contributed by atoms with Gasteiger partial charge in [-0.3, -0.25) is 0 Å². The van der Waals surface area contributed by atoms with E-state index in [9.17, 15) is 0 Å². The molecule has 0 saturated heterocycles. The fraction of sp³-hybridized carbons (Fsp3) is 0.556. The molecule has 1 aliphatic rings. The standard InChI is InChI=1S/C9H13N3S/c1-5(2)9-11-7-4-13-3-6(7)8(10)12-9/h5H,3-4H2,1-2H3,(H2,10,11,12). The third kappa shape index (κ3) is 1.50. The summed E-state index contributed by atoms with van der Waals surface area (Å²) in [7, 11) is 0. The number of rotatable bonds is 1. The second-order valence-corrected chi connectivity index (χ2v) is 4.53. The predicted molar refractivity (Wildman–Crippen MR) is 55.5 cm³/mol. The highest BCUT2D eigenvalue weighted by molar-refractivity contribution is 7.98. The molecule has 1 aromatic rings. The number of hydrogen-bond donors (Lipinski definition) is 1. The van der Waals surface area contributed by atoms with Gasteiger partial charge in [-0.15, -0.1) is 0 Å². The van der Waals surface area contributed by atoms with E-state index in [-0.39, 0.29) is 0 Å². The number of thioether (sulfide) groups is 1. The van der Waals surface area contributed by atoms with E-state index in [4.69, 9.17) is 5.73 Å². The van der Waals surface area contributed by atoms with Crippen molar-refractivity contribution in [2.45, 2.75) is 31.3 Å². The van der Waals surface area contributed by atoms with Gasteiger partial charge in [0, 0.05) is 23.0 Å². The molecule has 2 rings (SSSR count). The summed E-state index contributed by atoms with van der Waals surface area (Å²) in [6.45, 7) is 4.17. The molecule has 2 N–H and O–H groups in total. The predicted octanol–water partition coefficient (Wildman–Crippen LogP) is 1.93. The molecule has 13 heavy (non-hydrogen) atoms. The number of nitrogen functional groups attached to an aromatic ring is 1. The normalized spacial score (nSPS) is 15.0. The first-order valence-corrected chi connectivity index (χ1v) is 5.57. The van der Waals surface area contributed by atoms with Crippen LogP contribution in [0.5, 0.6) is 0 Å². The molecule has 3 nitrogen and oxygen atoms in total. The van der Waals surface area contributed by atoms with Crippen LogP contribution in [0.2, 0.25) is 0 Å². The lowest BCUT2D eigenvalue weighted by Gasteiger charge is -2.07. The van der Waals surface area contributed by atoms with Crippen molar-refractivity contribution < 1.29 is 0 Å². The molecule has 1 aliphatic heterocycles. The van der Waals surface area contributed by atoms with Gasteiger partial charge in [0.25, 0.3) is 0 Å². The van der Waals surface area contributed by atoms with Crippen molar-refractivity contribution >= 4 is 17.6 Å². The Kier molecular flexibility index (Phi) is 2.15. The van der Waals surface area contributed by atoms with E-state index in [1.54, 1.807) is 0 Å². The Labute approximate surface area is 82.2 Å². The van der Waals surface area contributed by atoms with Crippen molar-refractivity contribution in [1.29, 1.82) is 0 Å². The molecule has 2 heterocycles. The highest BCUT2D eigenvalue weighted by Crippen LogP contribution is 2.32. The Morgan fingerprint density at radius 1 is 1.31 bits per heavy atom. The molecule has 0 spiro atoms. The Bertz CT molecular complexity index is 336. The summed E-state index contributed by atoms with van der Waals surface area (Å²) in [5.74, 6) is 3.87. The second kappa shape index (κ2) is 3.18. The van der Waals surface area contributed by atoms with E-state index in [0.717, 1.165) is 28.6 Å². The van der Waals surface area contributed by atoms with Crippen molar-refractivity contribution in [3.8, 4) is 0 Å². The van der Waals surface area contributed by atoms with Crippen LogP contribution in [0.15, 0.2) is 0 Å². The molecule has 0 aliphatic carbocycles. The molecular formula is C9H13N3S. The van der Waals surface area contributed by atoms with Crippen molar-refractivity contribution in [2.24, 2.45) is 0 Å². The van der Waals surface area contributed by atoms with Gasteiger partial charge in [0.15, 0.2) is 0 Å². The Morgan fingerprint density at radius 3 is 2.77 bits per heavy atom. The van der Waals surface area contributed by atoms with Crippen molar-refractivity contribution in [1.82, 2.24) is 9.97 Å². The molecule has 0 saturated carbocycles. The third-order valence-corrected chi connectivity index (χ3v) is 3.11. The van der Waals surface area contributed by atoms with Gasteiger partial charge in [-0.2, -0.15) is 11.8 Å². The molecular weight excluding hydrogens is 182 g/mol. The van der Waals surface area contributed by atoms with E-state index in [2.05, 4.69) is 23.8 Å². The Hall–Kier alpha value is -0.770. The summed E-state index contributed by atoms with van der Waals surface area (Å²) in [6.07, 6.45) is 0. The van der Waals surface area contributed by atoms with Crippen LogP contribution in [-0.2, 0) is 11.5 Å². The first-order valence-electron chi connectivity index (χ1n) is 4.41. The highest BCUT2D eigenvalue weighted by atomic mass is 32.2. The minimum atomic E-state index is 0.359. The van der Waals surface area contributed by atoms with Crippen LogP contribution < -0.4 is 5.73 Å². The minimum Gasteiger partial charge on any atom is -0.383 e. The van der Waals surface area contributed by atoms with Crippen molar-refractivity contribution in [3.63, 3.8) is 0 Å². The quantitative estimate of drug-likeness (QED) is 0.744. The summed E-state index contributed by atoms with van der Waals surface area (Å²) in [6, 6.07) is 0. The molecule has 0 fully saturated rings. The van der Waals surface area contributed by atoms with Crippen molar-refractivity contribution in [3.05, 3.63) is 17.1 Å². The Morgan fingerprint density at radius 2 is 2.08 bits per heavy atom. The van der Waals surface area contributed by atoms with Gasteiger partial charge in [0.2, 0.25) is 0 Å². The SMILES string of the molecule is CC(C)c1nc(N)c2c(n1)CSC2. The molecule has 0 atom stereocenters. The van der Waals surface area contributed by atoms with Gasteiger partial charge in [-0.25, -0.2) is 9.97 Å². The van der Waals surface area contributed by atoms with E-state index in [1.807, 2.05) is 11.8 Å².